The molecule has 0 aliphatic heterocycles. The lowest BCUT2D eigenvalue weighted by Crippen LogP contribution is -2.28. The third-order valence-electron chi connectivity index (χ3n) is 4.45. The third-order valence-corrected chi connectivity index (χ3v) is 4.45. The van der Waals surface area contributed by atoms with E-state index in [-0.39, 0.29) is 24.8 Å². The summed E-state index contributed by atoms with van der Waals surface area (Å²) in [6, 6.07) is 10.7. The molecule has 2 aromatic carbocycles. The molecule has 0 atom stereocenters. The van der Waals surface area contributed by atoms with Gasteiger partial charge in [0, 0.05) is 11.4 Å². The van der Waals surface area contributed by atoms with Crippen LogP contribution in [0.5, 0.6) is 11.5 Å². The molecule has 0 radical (unpaired) electrons. The van der Waals surface area contributed by atoms with Gasteiger partial charge in [0.25, 0.3) is 11.8 Å². The Balaban J connectivity index is 1.33. The number of halogens is 2. The van der Waals surface area contributed by atoms with Gasteiger partial charge >= 0.3 is 0 Å². The van der Waals surface area contributed by atoms with Crippen molar-refractivity contribution in [3.8, 4) is 11.5 Å². The monoisotopic (exact) mass is 444 g/mol. The predicted molar refractivity (Wildman–Crippen MR) is 113 cm³/mol. The highest BCUT2D eigenvalue weighted by Gasteiger charge is 2.14. The molecule has 2 amide bonds. The van der Waals surface area contributed by atoms with Crippen LogP contribution in [0, 0.1) is 11.6 Å². The summed E-state index contributed by atoms with van der Waals surface area (Å²) in [5.74, 6) is -0.835. The molecule has 10 heteroatoms. The van der Waals surface area contributed by atoms with E-state index in [0.29, 0.717) is 37.2 Å². The second-order valence-corrected chi connectivity index (χ2v) is 6.91. The molecule has 3 rings (SSSR count). The number of carbonyl (C=O) groups excluding carboxylic acids is 2. The minimum absolute atomic E-state index is 0.235. The van der Waals surface area contributed by atoms with Crippen LogP contribution in [0.15, 0.2) is 58.7 Å². The molecule has 32 heavy (non-hydrogen) atoms. The predicted octanol–water partition coefficient (Wildman–Crippen LogP) is 2.94. The topological polar surface area (TPSA) is 101 Å². The maximum Gasteiger partial charge on any atom is 0.277 e. The summed E-state index contributed by atoms with van der Waals surface area (Å²) in [4.78, 5) is 23.7. The van der Waals surface area contributed by atoms with Crippen molar-refractivity contribution in [3.63, 3.8) is 0 Å². The number of hydrazone groups is 2. The average molecular weight is 444 g/mol. The molecule has 1 aliphatic rings. The van der Waals surface area contributed by atoms with Crippen LogP contribution in [0.2, 0.25) is 0 Å². The van der Waals surface area contributed by atoms with Crippen LogP contribution in [0.3, 0.4) is 0 Å². The van der Waals surface area contributed by atoms with Crippen LogP contribution < -0.4 is 20.3 Å². The van der Waals surface area contributed by atoms with E-state index in [9.17, 15) is 18.4 Å². The Labute approximate surface area is 183 Å². The molecule has 1 saturated carbocycles. The summed E-state index contributed by atoms with van der Waals surface area (Å²) in [5, 5.41) is 8.19. The first-order valence-electron chi connectivity index (χ1n) is 9.93. The van der Waals surface area contributed by atoms with E-state index < -0.39 is 11.8 Å². The van der Waals surface area contributed by atoms with Crippen LogP contribution >= 0.6 is 0 Å². The van der Waals surface area contributed by atoms with Crippen molar-refractivity contribution in [3.05, 3.63) is 60.2 Å². The van der Waals surface area contributed by atoms with E-state index in [1.54, 1.807) is 0 Å². The molecular weight excluding hydrogens is 422 g/mol. The lowest BCUT2D eigenvalue weighted by molar-refractivity contribution is -0.123. The molecule has 0 bridgehead atoms. The quantitative estimate of drug-likeness (QED) is 0.612. The maximum atomic E-state index is 12.8. The smallest absolute Gasteiger partial charge is 0.277 e. The minimum Gasteiger partial charge on any atom is -0.484 e. The maximum absolute atomic E-state index is 12.8. The summed E-state index contributed by atoms with van der Waals surface area (Å²) >= 11 is 0. The van der Waals surface area contributed by atoms with Crippen LogP contribution in [0.4, 0.5) is 8.78 Å². The zero-order valence-corrected chi connectivity index (χ0v) is 17.1. The van der Waals surface area contributed by atoms with E-state index >= 15 is 0 Å². The normalized spacial score (nSPS) is 13.2. The van der Waals surface area contributed by atoms with Gasteiger partial charge in [-0.1, -0.05) is 0 Å². The van der Waals surface area contributed by atoms with Crippen molar-refractivity contribution >= 4 is 23.2 Å². The van der Waals surface area contributed by atoms with Gasteiger partial charge in [0.2, 0.25) is 0 Å². The van der Waals surface area contributed by atoms with Crippen molar-refractivity contribution in [2.45, 2.75) is 25.7 Å². The first-order valence-corrected chi connectivity index (χ1v) is 9.93. The lowest BCUT2D eigenvalue weighted by atomic mass is 9.97. The number of amides is 2. The SMILES string of the molecule is O=C(COc1ccc(F)cc1)NN=C1CCC(=NNC(=O)COc2ccc(F)cc2)CC1. The zero-order valence-electron chi connectivity index (χ0n) is 17.1. The molecule has 2 N–H and O–H groups in total. The van der Waals surface area contributed by atoms with Gasteiger partial charge in [0.1, 0.15) is 23.1 Å². The summed E-state index contributed by atoms with van der Waals surface area (Å²) in [7, 11) is 0. The fraction of sp³-hybridized carbons (Fsp3) is 0.273. The number of hydrogen-bond donors (Lipinski definition) is 2. The van der Waals surface area contributed by atoms with Crippen molar-refractivity contribution < 1.29 is 27.8 Å². The number of nitrogens with zero attached hydrogens (tertiary/aromatic N) is 2. The van der Waals surface area contributed by atoms with E-state index in [0.717, 1.165) is 11.4 Å². The van der Waals surface area contributed by atoms with Crippen molar-refractivity contribution in [1.82, 2.24) is 10.9 Å². The van der Waals surface area contributed by atoms with Crippen LogP contribution in [0.1, 0.15) is 25.7 Å². The molecule has 0 spiro atoms. The summed E-state index contributed by atoms with van der Waals surface area (Å²) in [5.41, 5.74) is 6.49. The number of hydrogen-bond acceptors (Lipinski definition) is 6. The van der Waals surface area contributed by atoms with Gasteiger partial charge in [-0.15, -0.1) is 0 Å². The van der Waals surface area contributed by atoms with Crippen molar-refractivity contribution in [2.24, 2.45) is 10.2 Å². The highest BCUT2D eigenvalue weighted by atomic mass is 19.1. The van der Waals surface area contributed by atoms with Gasteiger partial charge in [-0.25, -0.2) is 19.6 Å². The van der Waals surface area contributed by atoms with E-state index in [2.05, 4.69) is 21.1 Å². The van der Waals surface area contributed by atoms with E-state index in [1.165, 1.54) is 48.5 Å². The molecule has 0 unspecified atom stereocenters. The molecular formula is C22H22F2N4O4. The number of benzene rings is 2. The first kappa shape index (κ1) is 22.9. The Morgan fingerprint density at radius 3 is 1.38 bits per heavy atom. The number of nitrogens with one attached hydrogen (secondary N) is 2. The van der Waals surface area contributed by atoms with Crippen LogP contribution in [-0.4, -0.2) is 36.5 Å². The fourth-order valence-electron chi connectivity index (χ4n) is 2.76. The third kappa shape index (κ3) is 7.78. The number of ether oxygens (including phenoxy) is 2. The van der Waals surface area contributed by atoms with Gasteiger partial charge in [0.05, 0.1) is 0 Å². The largest absolute Gasteiger partial charge is 0.484 e. The number of rotatable bonds is 8. The van der Waals surface area contributed by atoms with Gasteiger partial charge in [-0.3, -0.25) is 9.59 Å². The summed E-state index contributed by atoms with van der Waals surface area (Å²) in [6.07, 6.45) is 2.39. The molecule has 0 heterocycles. The van der Waals surface area contributed by atoms with E-state index in [4.69, 9.17) is 9.47 Å². The van der Waals surface area contributed by atoms with Gasteiger partial charge < -0.3 is 9.47 Å². The Morgan fingerprint density at radius 2 is 1.03 bits per heavy atom. The van der Waals surface area contributed by atoms with Gasteiger partial charge in [-0.05, 0) is 74.2 Å². The van der Waals surface area contributed by atoms with Crippen LogP contribution in [-0.2, 0) is 9.59 Å². The minimum atomic E-state index is -0.422. The Morgan fingerprint density at radius 1 is 0.688 bits per heavy atom. The highest BCUT2D eigenvalue weighted by Crippen LogP contribution is 2.14. The Kier molecular flexibility index (Phi) is 8.24. The Bertz CT molecular complexity index is 898. The average Bonchev–Trinajstić information content (AvgIpc) is 2.81. The molecule has 1 fully saturated rings. The molecule has 2 aromatic rings. The zero-order chi connectivity index (χ0) is 22.8. The summed E-state index contributed by atoms with van der Waals surface area (Å²) in [6.45, 7) is -0.470. The lowest BCUT2D eigenvalue weighted by Gasteiger charge is -2.15. The molecule has 0 aromatic heterocycles. The molecule has 8 nitrogen and oxygen atoms in total. The Hall–Kier alpha value is -3.82. The standard InChI is InChI=1S/C22H22F2N4O4/c23-15-1-9-19(10-2-15)31-13-21(29)27-25-17-5-7-18(8-6-17)26-28-22(30)14-32-20-11-3-16(24)4-12-20/h1-4,9-12H,5-8,13-14H2,(H,27,29)(H,28,30). The summed E-state index contributed by atoms with van der Waals surface area (Å²) < 4.78 is 36.2. The van der Waals surface area contributed by atoms with Gasteiger partial charge in [0.15, 0.2) is 13.2 Å². The second kappa shape index (κ2) is 11.5. The van der Waals surface area contributed by atoms with Crippen molar-refractivity contribution in [1.29, 1.82) is 0 Å². The van der Waals surface area contributed by atoms with Gasteiger partial charge in [-0.2, -0.15) is 10.2 Å². The number of carbonyl (C=O) groups is 2. The second-order valence-electron chi connectivity index (χ2n) is 6.91. The first-order chi connectivity index (χ1) is 15.5. The van der Waals surface area contributed by atoms with Crippen molar-refractivity contribution in [2.75, 3.05) is 13.2 Å². The fourth-order valence-corrected chi connectivity index (χ4v) is 2.76. The molecule has 1 aliphatic carbocycles. The molecule has 0 saturated heterocycles. The van der Waals surface area contributed by atoms with Crippen LogP contribution in [0.25, 0.3) is 0 Å². The van der Waals surface area contributed by atoms with E-state index in [1.807, 2.05) is 0 Å². The molecule has 168 valence electrons. The highest BCUT2D eigenvalue weighted by molar-refractivity contribution is 5.98.